The van der Waals surface area contributed by atoms with E-state index < -0.39 is 6.04 Å². The normalized spacial score (nSPS) is 14.5. The molecule has 0 fully saturated rings. The van der Waals surface area contributed by atoms with Gasteiger partial charge in [0.05, 0.1) is 25.4 Å². The van der Waals surface area contributed by atoms with Gasteiger partial charge in [0.2, 0.25) is 5.91 Å². The van der Waals surface area contributed by atoms with Crippen LogP contribution >= 0.6 is 22.9 Å². The summed E-state index contributed by atoms with van der Waals surface area (Å²) in [5, 5.41) is 13.3. The number of amides is 1. The van der Waals surface area contributed by atoms with E-state index in [1.165, 1.54) is 4.88 Å². The molecule has 1 aromatic carbocycles. The van der Waals surface area contributed by atoms with Gasteiger partial charge < -0.3 is 10.1 Å². The first-order valence-corrected chi connectivity index (χ1v) is 12.2. The van der Waals surface area contributed by atoms with E-state index in [9.17, 15) is 4.79 Å². The number of carbonyl (C=O) groups is 1. The fourth-order valence-corrected chi connectivity index (χ4v) is 5.50. The Bertz CT molecular complexity index is 1460. The summed E-state index contributed by atoms with van der Waals surface area (Å²) in [4.78, 5) is 23.6. The van der Waals surface area contributed by atoms with Crippen molar-refractivity contribution >= 4 is 40.2 Å². The minimum Gasteiger partial charge on any atom is -0.494 e. The van der Waals surface area contributed by atoms with Gasteiger partial charge in [-0.2, -0.15) is 0 Å². The zero-order valence-electron chi connectivity index (χ0n) is 19.7. The summed E-state index contributed by atoms with van der Waals surface area (Å²) in [5.41, 5.74) is 4.39. The molecule has 5 rings (SSSR count). The van der Waals surface area contributed by atoms with E-state index in [0.717, 1.165) is 33.2 Å². The van der Waals surface area contributed by atoms with Crippen molar-refractivity contribution in [3.63, 3.8) is 0 Å². The van der Waals surface area contributed by atoms with Crippen LogP contribution in [0.15, 0.2) is 47.7 Å². The highest BCUT2D eigenvalue weighted by atomic mass is 35.5. The predicted molar refractivity (Wildman–Crippen MR) is 137 cm³/mol. The van der Waals surface area contributed by atoms with E-state index in [-0.39, 0.29) is 12.3 Å². The summed E-state index contributed by atoms with van der Waals surface area (Å²) in [5.74, 6) is 1.68. The van der Waals surface area contributed by atoms with Gasteiger partial charge in [0.25, 0.3) is 0 Å². The van der Waals surface area contributed by atoms with Crippen molar-refractivity contribution in [2.24, 2.45) is 4.99 Å². The molecule has 3 aromatic heterocycles. The lowest BCUT2D eigenvalue weighted by atomic mass is 9.99. The van der Waals surface area contributed by atoms with E-state index in [4.69, 9.17) is 21.3 Å². The van der Waals surface area contributed by atoms with Crippen molar-refractivity contribution < 1.29 is 9.53 Å². The van der Waals surface area contributed by atoms with Crippen LogP contribution in [0.2, 0.25) is 5.02 Å². The molecule has 0 radical (unpaired) electrons. The number of thiophene rings is 1. The van der Waals surface area contributed by atoms with Crippen LogP contribution in [-0.4, -0.2) is 38.5 Å². The maximum atomic E-state index is 13.2. The Morgan fingerprint density at radius 1 is 1.17 bits per heavy atom. The molecule has 4 aromatic rings. The highest BCUT2D eigenvalue weighted by Gasteiger charge is 2.32. The number of hydrogen-bond acceptors (Lipinski definition) is 7. The molecule has 178 valence electrons. The van der Waals surface area contributed by atoms with E-state index in [2.05, 4.69) is 34.3 Å². The third-order valence-corrected chi connectivity index (χ3v) is 7.46. The highest BCUT2D eigenvalue weighted by molar-refractivity contribution is 7.15. The Balaban J connectivity index is 1.61. The number of anilines is 1. The number of carbonyl (C=O) groups excluding carboxylic acids is 1. The number of benzene rings is 1. The number of aromatic nitrogens is 4. The second-order valence-corrected chi connectivity index (χ2v) is 9.87. The van der Waals surface area contributed by atoms with Gasteiger partial charge in [0.15, 0.2) is 5.82 Å². The molecule has 0 aliphatic carbocycles. The first kappa shape index (κ1) is 23.2. The van der Waals surface area contributed by atoms with Gasteiger partial charge in [-0.1, -0.05) is 23.7 Å². The number of rotatable bonds is 5. The summed E-state index contributed by atoms with van der Waals surface area (Å²) < 4.78 is 7.36. The van der Waals surface area contributed by atoms with Crippen LogP contribution in [0.3, 0.4) is 0 Å². The van der Waals surface area contributed by atoms with Gasteiger partial charge >= 0.3 is 0 Å². The number of aliphatic imine (C=N–C) groups is 1. The molecule has 4 heterocycles. The van der Waals surface area contributed by atoms with Crippen molar-refractivity contribution in [1.82, 2.24) is 19.7 Å². The van der Waals surface area contributed by atoms with Crippen LogP contribution in [0.4, 0.5) is 5.69 Å². The third-order valence-electron chi connectivity index (χ3n) is 6.01. The molecular weight excluding hydrogens is 484 g/mol. The van der Waals surface area contributed by atoms with Crippen molar-refractivity contribution in [2.75, 3.05) is 12.4 Å². The molecule has 35 heavy (non-hydrogen) atoms. The summed E-state index contributed by atoms with van der Waals surface area (Å²) in [6, 6.07) is 8.74. The molecule has 1 N–H and O–H groups in total. The number of halogens is 1. The molecule has 0 bridgehead atoms. The fourth-order valence-electron chi connectivity index (χ4n) is 4.16. The van der Waals surface area contributed by atoms with Gasteiger partial charge in [0, 0.05) is 33.3 Å². The van der Waals surface area contributed by atoms with Gasteiger partial charge in [-0.05, 0) is 38.5 Å². The second kappa shape index (κ2) is 9.24. The van der Waals surface area contributed by atoms with Crippen molar-refractivity contribution in [1.29, 1.82) is 0 Å². The lowest BCUT2D eigenvalue weighted by Gasteiger charge is -2.14. The molecule has 1 aliphatic heterocycles. The van der Waals surface area contributed by atoms with Gasteiger partial charge in [-0.25, -0.2) is 0 Å². The van der Waals surface area contributed by atoms with E-state index in [1.54, 1.807) is 36.9 Å². The number of pyridine rings is 1. The first-order chi connectivity index (χ1) is 16.9. The summed E-state index contributed by atoms with van der Waals surface area (Å²) in [6.45, 7) is 6.10. The van der Waals surface area contributed by atoms with Crippen LogP contribution in [-0.2, 0) is 4.79 Å². The minimum atomic E-state index is -0.552. The number of methoxy groups -OCH3 is 1. The molecule has 1 aliphatic rings. The number of ether oxygens (including phenoxy) is 1. The Morgan fingerprint density at radius 3 is 2.69 bits per heavy atom. The SMILES string of the molecule is COc1ccncc1NC(=O)C[C@@H]1N=C(c2ccc(Cl)cc2)c2c(sc(C)c2C)-n2c(C)nnc21. The zero-order valence-corrected chi connectivity index (χ0v) is 21.2. The highest BCUT2D eigenvalue weighted by Crippen LogP contribution is 2.39. The maximum Gasteiger partial charge on any atom is 0.227 e. The Hall–Kier alpha value is -3.56. The first-order valence-electron chi connectivity index (χ1n) is 11.0. The fraction of sp³-hybridized carbons (Fsp3) is 0.240. The number of nitrogens with zero attached hydrogens (tertiary/aromatic N) is 5. The molecule has 0 saturated heterocycles. The van der Waals surface area contributed by atoms with Crippen molar-refractivity contribution in [3.05, 3.63) is 81.0 Å². The van der Waals surface area contributed by atoms with Crippen molar-refractivity contribution in [2.45, 2.75) is 33.2 Å². The third kappa shape index (κ3) is 4.21. The molecule has 0 spiro atoms. The van der Waals surface area contributed by atoms with Crippen LogP contribution < -0.4 is 10.1 Å². The lowest BCUT2D eigenvalue weighted by Crippen LogP contribution is -2.18. The topological polar surface area (TPSA) is 94.3 Å². The molecule has 10 heteroatoms. The van der Waals surface area contributed by atoms with E-state index >= 15 is 0 Å². The number of fused-ring (bicyclic) bond motifs is 3. The summed E-state index contributed by atoms with van der Waals surface area (Å²) in [6.07, 6.45) is 3.24. The average Bonchev–Trinajstić information content (AvgIpc) is 3.32. The molecular formula is C25H23ClN6O2S. The lowest BCUT2D eigenvalue weighted by molar-refractivity contribution is -0.116. The van der Waals surface area contributed by atoms with Gasteiger partial charge in [-0.15, -0.1) is 21.5 Å². The summed E-state index contributed by atoms with van der Waals surface area (Å²) in [7, 11) is 1.55. The second-order valence-electron chi connectivity index (χ2n) is 8.23. The monoisotopic (exact) mass is 506 g/mol. The predicted octanol–water partition coefficient (Wildman–Crippen LogP) is 5.23. The Morgan fingerprint density at radius 2 is 1.94 bits per heavy atom. The van der Waals surface area contributed by atoms with Crippen molar-refractivity contribution in [3.8, 4) is 10.8 Å². The van der Waals surface area contributed by atoms with E-state index in [0.29, 0.717) is 22.3 Å². The largest absolute Gasteiger partial charge is 0.494 e. The Labute approximate surface area is 211 Å². The minimum absolute atomic E-state index is 0.0697. The smallest absolute Gasteiger partial charge is 0.227 e. The molecule has 1 atom stereocenters. The molecule has 0 saturated carbocycles. The number of nitrogens with one attached hydrogen (secondary N) is 1. The number of aryl methyl sites for hydroxylation is 2. The maximum absolute atomic E-state index is 13.2. The van der Waals surface area contributed by atoms with Crippen LogP contribution in [0.25, 0.3) is 5.00 Å². The zero-order chi connectivity index (χ0) is 24.7. The van der Waals surface area contributed by atoms with Crippen LogP contribution in [0.1, 0.15) is 45.7 Å². The van der Waals surface area contributed by atoms with E-state index in [1.807, 2.05) is 35.8 Å². The number of hydrogen-bond donors (Lipinski definition) is 1. The van der Waals surface area contributed by atoms with Gasteiger partial charge in [0.1, 0.15) is 28.3 Å². The average molecular weight is 507 g/mol. The van der Waals surface area contributed by atoms with Crippen LogP contribution in [0, 0.1) is 20.8 Å². The standard InChI is InChI=1S/C25H23ClN6O2S/c1-13-14(2)35-25-22(13)23(16-5-7-17(26)8-6-16)29-18(24-31-30-15(3)32(24)25)11-21(33)28-19-12-27-10-9-20(19)34-4/h5-10,12,18H,11H2,1-4H3,(H,28,33)/t18-/m0/s1. The Kier molecular flexibility index (Phi) is 6.12. The van der Waals surface area contributed by atoms with Crippen LogP contribution in [0.5, 0.6) is 5.75 Å². The quantitative estimate of drug-likeness (QED) is 0.400. The van der Waals surface area contributed by atoms with Gasteiger partial charge in [-0.3, -0.25) is 19.3 Å². The molecule has 8 nitrogen and oxygen atoms in total. The summed E-state index contributed by atoms with van der Waals surface area (Å²) >= 11 is 7.84. The molecule has 1 amide bonds. The molecule has 0 unspecified atom stereocenters.